The lowest BCUT2D eigenvalue weighted by molar-refractivity contribution is -0.131. The van der Waals surface area contributed by atoms with Gasteiger partial charge in [-0.1, -0.05) is 6.07 Å². The number of aryl methyl sites for hydroxylation is 1. The van der Waals surface area contributed by atoms with Crippen LogP contribution in [0.4, 0.5) is 0 Å². The summed E-state index contributed by atoms with van der Waals surface area (Å²) in [5, 5.41) is 2.03. The molecule has 1 unspecified atom stereocenters. The van der Waals surface area contributed by atoms with Crippen LogP contribution in [0.5, 0.6) is 0 Å². The van der Waals surface area contributed by atoms with Gasteiger partial charge in [0.1, 0.15) is 0 Å². The van der Waals surface area contributed by atoms with Gasteiger partial charge >= 0.3 is 0 Å². The van der Waals surface area contributed by atoms with E-state index in [9.17, 15) is 4.79 Å². The zero-order valence-corrected chi connectivity index (χ0v) is 11.3. The number of thiophene rings is 1. The van der Waals surface area contributed by atoms with Gasteiger partial charge in [0.2, 0.25) is 5.91 Å². The topological polar surface area (TPSA) is 46.3 Å². The van der Waals surface area contributed by atoms with Gasteiger partial charge in [0.05, 0.1) is 0 Å². The number of nitrogens with two attached hydrogens (primary N) is 1. The molecule has 0 aliphatic rings. The fourth-order valence-electron chi connectivity index (χ4n) is 1.27. The van der Waals surface area contributed by atoms with Crippen LogP contribution in [0.2, 0.25) is 0 Å². The van der Waals surface area contributed by atoms with Crippen molar-refractivity contribution in [3.8, 4) is 0 Å². The van der Waals surface area contributed by atoms with Gasteiger partial charge in [-0.05, 0) is 24.8 Å². The molecule has 0 aromatic carbocycles. The Kier molecular flexibility index (Phi) is 7.38. The predicted octanol–water partition coefficient (Wildman–Crippen LogP) is 1.91. The Hall–Kier alpha value is -0.580. The van der Waals surface area contributed by atoms with Gasteiger partial charge in [-0.2, -0.15) is 0 Å². The van der Waals surface area contributed by atoms with Crippen LogP contribution >= 0.6 is 23.7 Å². The average Bonchev–Trinajstić information content (AvgIpc) is 2.76. The van der Waals surface area contributed by atoms with E-state index in [4.69, 9.17) is 5.73 Å². The van der Waals surface area contributed by atoms with Crippen LogP contribution in [0.25, 0.3) is 0 Å². The summed E-state index contributed by atoms with van der Waals surface area (Å²) in [6, 6.07) is 4.20. The van der Waals surface area contributed by atoms with E-state index in [1.54, 1.807) is 16.2 Å². The number of hydrogen-bond acceptors (Lipinski definition) is 3. The Morgan fingerprint density at radius 3 is 2.81 bits per heavy atom. The third kappa shape index (κ3) is 4.51. The third-order valence-electron chi connectivity index (χ3n) is 2.56. The maximum Gasteiger partial charge on any atom is 0.222 e. The van der Waals surface area contributed by atoms with Crippen LogP contribution in [0.3, 0.4) is 0 Å². The maximum absolute atomic E-state index is 11.7. The first kappa shape index (κ1) is 15.4. The SMILES string of the molecule is CC(CN)N(C)C(=O)CCc1cccs1.Cl. The molecule has 3 nitrogen and oxygen atoms in total. The number of carbonyl (C=O) groups excluding carboxylic acids is 1. The van der Waals surface area contributed by atoms with Crippen molar-refractivity contribution < 1.29 is 4.79 Å². The molecule has 0 spiro atoms. The van der Waals surface area contributed by atoms with Crippen molar-refractivity contribution >= 4 is 29.7 Å². The smallest absolute Gasteiger partial charge is 0.222 e. The number of amides is 1. The number of likely N-dealkylation sites (N-methyl/N-ethyl adjacent to an activating group) is 1. The molecule has 2 N–H and O–H groups in total. The first-order chi connectivity index (χ1) is 7.15. The monoisotopic (exact) mass is 262 g/mol. The van der Waals surface area contributed by atoms with Gasteiger partial charge in [-0.25, -0.2) is 0 Å². The van der Waals surface area contributed by atoms with Crippen molar-refractivity contribution in [3.63, 3.8) is 0 Å². The fourth-order valence-corrected chi connectivity index (χ4v) is 1.97. The summed E-state index contributed by atoms with van der Waals surface area (Å²) in [5.74, 6) is 0.168. The van der Waals surface area contributed by atoms with E-state index in [2.05, 4.69) is 6.07 Å². The molecule has 92 valence electrons. The molecule has 0 saturated carbocycles. The highest BCUT2D eigenvalue weighted by atomic mass is 35.5. The zero-order chi connectivity index (χ0) is 11.3. The lowest BCUT2D eigenvalue weighted by atomic mass is 10.2. The second-order valence-corrected chi connectivity index (χ2v) is 4.70. The summed E-state index contributed by atoms with van der Waals surface area (Å²) >= 11 is 1.70. The zero-order valence-electron chi connectivity index (χ0n) is 9.68. The number of nitrogens with zero attached hydrogens (tertiary/aromatic N) is 1. The van der Waals surface area contributed by atoms with Crippen LogP contribution in [0.15, 0.2) is 17.5 Å². The van der Waals surface area contributed by atoms with Gasteiger partial charge in [-0.3, -0.25) is 4.79 Å². The molecule has 0 aliphatic carbocycles. The second-order valence-electron chi connectivity index (χ2n) is 3.67. The molecule has 1 amide bonds. The van der Waals surface area contributed by atoms with E-state index in [1.807, 2.05) is 25.4 Å². The van der Waals surface area contributed by atoms with Crippen molar-refractivity contribution in [1.82, 2.24) is 4.90 Å². The van der Waals surface area contributed by atoms with Gasteiger partial charge < -0.3 is 10.6 Å². The van der Waals surface area contributed by atoms with Crippen LogP contribution in [0, 0.1) is 0 Å². The van der Waals surface area contributed by atoms with E-state index in [0.29, 0.717) is 13.0 Å². The standard InChI is InChI=1S/C11H18N2OS.ClH/c1-9(8-12)13(2)11(14)6-5-10-4-3-7-15-10;/h3-4,7,9H,5-6,8,12H2,1-2H3;1H. The maximum atomic E-state index is 11.7. The molecule has 1 aromatic rings. The molecule has 1 rings (SSSR count). The van der Waals surface area contributed by atoms with Gasteiger partial charge in [0.25, 0.3) is 0 Å². The van der Waals surface area contributed by atoms with E-state index in [1.165, 1.54) is 4.88 Å². The molecular weight excluding hydrogens is 244 g/mol. The summed E-state index contributed by atoms with van der Waals surface area (Å²) in [7, 11) is 1.81. The molecule has 1 heterocycles. The molecule has 0 saturated heterocycles. The Morgan fingerprint density at radius 2 is 2.31 bits per heavy atom. The molecular formula is C11H19ClN2OS. The lowest BCUT2D eigenvalue weighted by Gasteiger charge is -2.23. The van der Waals surface area contributed by atoms with E-state index >= 15 is 0 Å². The van der Waals surface area contributed by atoms with Crippen molar-refractivity contribution in [2.24, 2.45) is 5.73 Å². The first-order valence-electron chi connectivity index (χ1n) is 5.13. The summed E-state index contributed by atoms with van der Waals surface area (Å²) in [6.45, 7) is 2.48. The number of halogens is 1. The highest BCUT2D eigenvalue weighted by Gasteiger charge is 2.13. The molecule has 1 atom stereocenters. The third-order valence-corrected chi connectivity index (χ3v) is 3.50. The molecule has 16 heavy (non-hydrogen) atoms. The van der Waals surface area contributed by atoms with Crippen LogP contribution < -0.4 is 5.73 Å². The molecule has 0 fully saturated rings. The Morgan fingerprint density at radius 1 is 1.62 bits per heavy atom. The minimum absolute atomic E-state index is 0. The first-order valence-corrected chi connectivity index (χ1v) is 6.01. The van der Waals surface area contributed by atoms with E-state index < -0.39 is 0 Å². The van der Waals surface area contributed by atoms with Gasteiger partial charge in [-0.15, -0.1) is 23.7 Å². The second kappa shape index (κ2) is 7.65. The minimum Gasteiger partial charge on any atom is -0.342 e. The average molecular weight is 263 g/mol. The normalized spacial score (nSPS) is 11.7. The summed E-state index contributed by atoms with van der Waals surface area (Å²) < 4.78 is 0. The number of hydrogen-bond donors (Lipinski definition) is 1. The minimum atomic E-state index is 0. The molecule has 0 bridgehead atoms. The van der Waals surface area contributed by atoms with Crippen molar-refractivity contribution in [2.75, 3.05) is 13.6 Å². The Bertz CT molecular complexity index is 303. The molecule has 1 aromatic heterocycles. The number of carbonyl (C=O) groups is 1. The van der Waals surface area contributed by atoms with E-state index in [-0.39, 0.29) is 24.4 Å². The fraction of sp³-hybridized carbons (Fsp3) is 0.545. The molecule has 0 radical (unpaired) electrons. The van der Waals surface area contributed by atoms with Gasteiger partial charge in [0, 0.05) is 30.9 Å². The highest BCUT2D eigenvalue weighted by molar-refractivity contribution is 7.09. The number of rotatable bonds is 5. The largest absolute Gasteiger partial charge is 0.342 e. The van der Waals surface area contributed by atoms with Crippen LogP contribution in [-0.2, 0) is 11.2 Å². The highest BCUT2D eigenvalue weighted by Crippen LogP contribution is 2.11. The predicted molar refractivity (Wildman–Crippen MR) is 71.2 cm³/mol. The van der Waals surface area contributed by atoms with Gasteiger partial charge in [0.15, 0.2) is 0 Å². The summed E-state index contributed by atoms with van der Waals surface area (Å²) in [6.07, 6.45) is 1.40. The van der Waals surface area contributed by atoms with Crippen molar-refractivity contribution in [1.29, 1.82) is 0 Å². The van der Waals surface area contributed by atoms with Crippen molar-refractivity contribution in [3.05, 3.63) is 22.4 Å². The van der Waals surface area contributed by atoms with E-state index in [0.717, 1.165) is 6.42 Å². The quantitative estimate of drug-likeness (QED) is 0.881. The van der Waals surface area contributed by atoms with Crippen LogP contribution in [-0.4, -0.2) is 30.4 Å². The lowest BCUT2D eigenvalue weighted by Crippen LogP contribution is -2.39. The molecule has 0 aliphatic heterocycles. The van der Waals surface area contributed by atoms with Crippen molar-refractivity contribution in [2.45, 2.75) is 25.8 Å². The summed E-state index contributed by atoms with van der Waals surface area (Å²) in [4.78, 5) is 14.7. The Balaban J connectivity index is 0.00000225. The Labute approximate surface area is 107 Å². The van der Waals surface area contributed by atoms with Crippen LogP contribution in [0.1, 0.15) is 18.2 Å². The summed E-state index contributed by atoms with van der Waals surface area (Å²) in [5.41, 5.74) is 5.51. The molecule has 5 heteroatoms.